The van der Waals surface area contributed by atoms with Gasteiger partial charge < -0.3 is 30.5 Å². The van der Waals surface area contributed by atoms with Crippen LogP contribution in [0.15, 0.2) is 97.1 Å². The Balaban J connectivity index is 1.53. The highest BCUT2D eigenvalue weighted by molar-refractivity contribution is 5.98. The lowest BCUT2D eigenvalue weighted by atomic mass is 9.93. The van der Waals surface area contributed by atoms with Crippen molar-refractivity contribution in [3.63, 3.8) is 0 Å². The molecule has 4 N–H and O–H groups in total. The number of aryl methyl sites for hydroxylation is 3. The highest BCUT2D eigenvalue weighted by Crippen LogP contribution is 2.26. The zero-order chi connectivity index (χ0) is 39.4. The van der Waals surface area contributed by atoms with E-state index in [-0.39, 0.29) is 18.6 Å². The number of alkyl halides is 3. The van der Waals surface area contributed by atoms with Crippen LogP contribution in [-0.2, 0) is 22.4 Å². The molecule has 0 unspecified atom stereocenters. The van der Waals surface area contributed by atoms with Crippen LogP contribution >= 0.6 is 0 Å². The Morgan fingerprint density at radius 2 is 1.35 bits per heavy atom. The third-order valence-corrected chi connectivity index (χ3v) is 8.85. The molecule has 0 saturated carbocycles. The van der Waals surface area contributed by atoms with Crippen molar-refractivity contribution in [3.8, 4) is 11.5 Å². The van der Waals surface area contributed by atoms with Gasteiger partial charge in [0.05, 0.1) is 12.1 Å². The normalized spacial score (nSPS) is 13.7. The third kappa shape index (κ3) is 12.9. The molecule has 9 nitrogen and oxygen atoms in total. The number of hydrogen-bond donors (Lipinski definition) is 4. The van der Waals surface area contributed by atoms with E-state index in [0.717, 1.165) is 34.4 Å². The Morgan fingerprint density at radius 1 is 0.759 bits per heavy atom. The van der Waals surface area contributed by atoms with Crippen LogP contribution in [0.1, 0.15) is 58.4 Å². The van der Waals surface area contributed by atoms with Gasteiger partial charge in [0.2, 0.25) is 5.91 Å². The van der Waals surface area contributed by atoms with Crippen molar-refractivity contribution >= 4 is 17.7 Å². The first-order chi connectivity index (χ1) is 25.6. The first kappa shape index (κ1) is 41.4. The number of aliphatic hydroxyl groups excluding tert-OH is 1. The van der Waals surface area contributed by atoms with Crippen LogP contribution in [0.2, 0.25) is 0 Å². The molecule has 0 spiro atoms. The van der Waals surface area contributed by atoms with Crippen LogP contribution in [0, 0.1) is 26.7 Å². The molecule has 0 radical (unpaired) electrons. The molecule has 4 rings (SSSR count). The molecule has 0 aliphatic heterocycles. The Labute approximate surface area is 314 Å². The van der Waals surface area contributed by atoms with Crippen LogP contribution in [0.4, 0.5) is 13.2 Å². The molecule has 288 valence electrons. The second-order valence-corrected chi connectivity index (χ2v) is 13.8. The number of halogens is 3. The number of para-hydroxylation sites is 1. The van der Waals surface area contributed by atoms with Gasteiger partial charge in [-0.25, -0.2) is 0 Å². The molecule has 0 fully saturated rings. The molecule has 0 aliphatic rings. The SMILES string of the molecule is Cc1cc(OC(F)(F)F)cc(C(=O)N[C@H](C(=O)N[C@@H](Cc2ccccc2)C[C@H](O)[C@H](Cc2ccccc2)NC(=O)COc2c(C)cccc2C)C(C)C)c1. The van der Waals surface area contributed by atoms with Crippen LogP contribution in [0.25, 0.3) is 0 Å². The molecule has 3 amide bonds. The van der Waals surface area contributed by atoms with Crippen molar-refractivity contribution in [2.45, 2.75) is 84.5 Å². The lowest BCUT2D eigenvalue weighted by molar-refractivity contribution is -0.274. The summed E-state index contributed by atoms with van der Waals surface area (Å²) < 4.78 is 48.7. The zero-order valence-electron chi connectivity index (χ0n) is 31.1. The summed E-state index contributed by atoms with van der Waals surface area (Å²) in [4.78, 5) is 40.5. The summed E-state index contributed by atoms with van der Waals surface area (Å²) >= 11 is 0. The summed E-state index contributed by atoms with van der Waals surface area (Å²) in [6.45, 7) is 8.50. The van der Waals surface area contributed by atoms with E-state index in [4.69, 9.17) is 4.74 Å². The van der Waals surface area contributed by atoms with E-state index in [0.29, 0.717) is 24.2 Å². The Bertz CT molecular complexity index is 1830. The molecule has 4 aromatic carbocycles. The minimum absolute atomic E-state index is 0.0327. The van der Waals surface area contributed by atoms with E-state index in [1.54, 1.807) is 13.8 Å². The predicted octanol–water partition coefficient (Wildman–Crippen LogP) is 6.55. The van der Waals surface area contributed by atoms with Gasteiger partial charge in [-0.05, 0) is 92.0 Å². The topological polar surface area (TPSA) is 126 Å². The number of amides is 3. The molecule has 4 atom stereocenters. The van der Waals surface area contributed by atoms with Crippen molar-refractivity contribution < 1.29 is 42.1 Å². The molecule has 54 heavy (non-hydrogen) atoms. The van der Waals surface area contributed by atoms with Gasteiger partial charge in [0, 0.05) is 11.6 Å². The van der Waals surface area contributed by atoms with E-state index in [2.05, 4.69) is 20.7 Å². The predicted molar refractivity (Wildman–Crippen MR) is 200 cm³/mol. The Hall–Kier alpha value is -5.36. The second kappa shape index (κ2) is 19.1. The summed E-state index contributed by atoms with van der Waals surface area (Å²) in [6, 6.07) is 25.5. The molecule has 12 heteroatoms. The standard InChI is InChI=1S/C42H48F3N3O6/c1-26(2)38(48-40(51)32-19-27(3)20-34(23-32)54-42(43,44)45)41(52)46-33(21-30-15-8-6-9-16-30)24-36(49)35(22-31-17-10-7-11-18-31)47-37(50)25-53-39-28(4)13-12-14-29(39)5/h6-20,23,26,33,35-36,38,49H,21-22,24-25H2,1-5H3,(H,46,52)(H,47,50)(H,48,51)/t33-,35-,36-,38-/m0/s1. The molecule has 4 aromatic rings. The van der Waals surface area contributed by atoms with E-state index in [9.17, 15) is 32.7 Å². The van der Waals surface area contributed by atoms with Crippen molar-refractivity contribution in [3.05, 3.63) is 130 Å². The van der Waals surface area contributed by atoms with Crippen molar-refractivity contribution in [2.75, 3.05) is 6.61 Å². The number of rotatable bonds is 17. The Morgan fingerprint density at radius 3 is 1.93 bits per heavy atom. The Kier molecular flexibility index (Phi) is 14.6. The van der Waals surface area contributed by atoms with Crippen LogP contribution < -0.4 is 25.4 Å². The van der Waals surface area contributed by atoms with E-state index >= 15 is 0 Å². The highest BCUT2D eigenvalue weighted by Gasteiger charge is 2.33. The summed E-state index contributed by atoms with van der Waals surface area (Å²) in [5.74, 6) is -2.09. The van der Waals surface area contributed by atoms with E-state index < -0.39 is 60.0 Å². The lowest BCUT2D eigenvalue weighted by Crippen LogP contribution is -2.54. The minimum atomic E-state index is -4.95. The van der Waals surface area contributed by atoms with Gasteiger partial charge in [0.1, 0.15) is 17.5 Å². The molecule has 0 aliphatic carbocycles. The van der Waals surface area contributed by atoms with Gasteiger partial charge in [-0.1, -0.05) is 92.7 Å². The van der Waals surface area contributed by atoms with E-state index in [1.807, 2.05) is 92.7 Å². The summed E-state index contributed by atoms with van der Waals surface area (Å²) in [7, 11) is 0. The maximum Gasteiger partial charge on any atom is 0.573 e. The van der Waals surface area contributed by atoms with Gasteiger partial charge in [-0.2, -0.15) is 0 Å². The second-order valence-electron chi connectivity index (χ2n) is 13.8. The first-order valence-electron chi connectivity index (χ1n) is 17.8. The average molecular weight is 748 g/mol. The van der Waals surface area contributed by atoms with Crippen molar-refractivity contribution in [2.24, 2.45) is 5.92 Å². The zero-order valence-corrected chi connectivity index (χ0v) is 31.1. The fourth-order valence-corrected chi connectivity index (χ4v) is 6.23. The molecular formula is C42H48F3N3O6. The van der Waals surface area contributed by atoms with Crippen LogP contribution in [0.5, 0.6) is 11.5 Å². The van der Waals surface area contributed by atoms with Crippen molar-refractivity contribution in [1.29, 1.82) is 0 Å². The number of carbonyl (C=O) groups is 3. The van der Waals surface area contributed by atoms with E-state index in [1.165, 1.54) is 13.0 Å². The quantitative estimate of drug-likeness (QED) is 0.0972. The monoisotopic (exact) mass is 747 g/mol. The highest BCUT2D eigenvalue weighted by atomic mass is 19.4. The smallest absolute Gasteiger partial charge is 0.483 e. The minimum Gasteiger partial charge on any atom is -0.483 e. The first-order valence-corrected chi connectivity index (χ1v) is 17.8. The van der Waals surface area contributed by atoms with Gasteiger partial charge in [-0.3, -0.25) is 14.4 Å². The number of carbonyl (C=O) groups excluding carboxylic acids is 3. The fourth-order valence-electron chi connectivity index (χ4n) is 6.23. The number of aliphatic hydroxyl groups is 1. The molecule has 0 bridgehead atoms. The number of ether oxygens (including phenoxy) is 2. The molecule has 0 heterocycles. The fraction of sp³-hybridized carbons (Fsp3) is 0.357. The maximum atomic E-state index is 13.9. The van der Waals surface area contributed by atoms with Gasteiger partial charge >= 0.3 is 6.36 Å². The van der Waals surface area contributed by atoms with Gasteiger partial charge in [-0.15, -0.1) is 13.2 Å². The maximum absolute atomic E-state index is 13.9. The van der Waals surface area contributed by atoms with Gasteiger partial charge in [0.15, 0.2) is 6.61 Å². The summed E-state index contributed by atoms with van der Waals surface area (Å²) in [5, 5.41) is 20.4. The third-order valence-electron chi connectivity index (χ3n) is 8.85. The number of nitrogens with one attached hydrogen (secondary N) is 3. The van der Waals surface area contributed by atoms with Crippen LogP contribution in [0.3, 0.4) is 0 Å². The average Bonchev–Trinajstić information content (AvgIpc) is 3.09. The largest absolute Gasteiger partial charge is 0.573 e. The molecule has 0 saturated heterocycles. The summed E-state index contributed by atoms with van der Waals surface area (Å²) in [5.41, 5.74) is 3.78. The number of hydrogen-bond acceptors (Lipinski definition) is 6. The van der Waals surface area contributed by atoms with Crippen molar-refractivity contribution in [1.82, 2.24) is 16.0 Å². The molecule has 0 aromatic heterocycles. The lowest BCUT2D eigenvalue weighted by Gasteiger charge is -2.30. The molecular weight excluding hydrogens is 699 g/mol. The van der Waals surface area contributed by atoms with Crippen LogP contribution in [-0.4, -0.2) is 60.0 Å². The number of benzene rings is 4. The van der Waals surface area contributed by atoms with Gasteiger partial charge in [0.25, 0.3) is 11.8 Å². The summed E-state index contributed by atoms with van der Waals surface area (Å²) in [6.07, 6.45) is -5.43.